The largest absolute Gasteiger partial charge is 0.420 e. The number of nitrogens with one attached hydrogen (secondary N) is 2. The fourth-order valence-corrected chi connectivity index (χ4v) is 4.39. The van der Waals surface area contributed by atoms with Gasteiger partial charge in [-0.05, 0) is 44.4 Å². The minimum Gasteiger partial charge on any atom is -0.420 e. The Morgan fingerprint density at radius 3 is 3.06 bits per heavy atom. The third kappa shape index (κ3) is 6.02. The van der Waals surface area contributed by atoms with Gasteiger partial charge in [0.1, 0.15) is 5.82 Å². The van der Waals surface area contributed by atoms with Crippen LogP contribution < -0.4 is 10.6 Å². The van der Waals surface area contributed by atoms with E-state index in [-0.39, 0.29) is 18.1 Å². The molecule has 3 atom stereocenters. The summed E-state index contributed by atoms with van der Waals surface area (Å²) in [6.07, 6.45) is 13.6. The highest BCUT2D eigenvalue weighted by Crippen LogP contribution is 2.30. The second-order valence-electron chi connectivity index (χ2n) is 8.00. The molecule has 0 radical (unpaired) electrons. The molecule has 2 aliphatic rings. The molecule has 0 aromatic carbocycles. The number of hydrogen-bond acceptors (Lipinski definition) is 7. The Morgan fingerprint density at radius 2 is 2.16 bits per heavy atom. The Bertz CT molecular complexity index is 913. The van der Waals surface area contributed by atoms with Crippen LogP contribution in [0.5, 0.6) is 0 Å². The van der Waals surface area contributed by atoms with Gasteiger partial charge in [0.15, 0.2) is 0 Å². The molecule has 8 heteroatoms. The van der Waals surface area contributed by atoms with Crippen molar-refractivity contribution in [2.75, 3.05) is 25.0 Å². The maximum Gasteiger partial charge on any atom is 0.247 e. The summed E-state index contributed by atoms with van der Waals surface area (Å²) < 4.78 is 13.3. The normalized spacial score (nSPS) is 25.0. The third-order valence-corrected chi connectivity index (χ3v) is 6.14. The second-order valence-corrected chi connectivity index (χ2v) is 8.91. The topological polar surface area (TPSA) is 85.1 Å². The number of fused-ring (bicyclic) bond motifs is 7. The van der Waals surface area contributed by atoms with E-state index in [2.05, 4.69) is 60.8 Å². The predicted octanol–water partition coefficient (Wildman–Crippen LogP) is 4.80. The lowest BCUT2D eigenvalue weighted by molar-refractivity contribution is 0.0392. The first-order chi connectivity index (χ1) is 15.2. The number of rotatable bonds is 2. The highest BCUT2D eigenvalue weighted by molar-refractivity contribution is 9.11. The lowest BCUT2D eigenvalue weighted by atomic mass is 9.94. The van der Waals surface area contributed by atoms with Gasteiger partial charge in [0, 0.05) is 35.4 Å². The molecule has 31 heavy (non-hydrogen) atoms. The zero-order chi connectivity index (χ0) is 21.5. The summed E-state index contributed by atoms with van der Waals surface area (Å²) in [5, 5.41) is 15.7. The Hall–Kier alpha value is -2.03. The molecule has 4 rings (SSSR count). The van der Waals surface area contributed by atoms with Crippen molar-refractivity contribution in [2.45, 2.75) is 57.1 Å². The van der Waals surface area contributed by atoms with E-state index in [9.17, 15) is 0 Å². The van der Waals surface area contributed by atoms with Crippen molar-refractivity contribution < 1.29 is 9.15 Å². The first-order valence-electron chi connectivity index (χ1n) is 11.2. The van der Waals surface area contributed by atoms with Gasteiger partial charge in [-0.15, -0.1) is 10.2 Å². The monoisotopic (exact) mass is 487 g/mol. The average molecular weight is 488 g/mol. The van der Waals surface area contributed by atoms with Gasteiger partial charge >= 0.3 is 0 Å². The summed E-state index contributed by atoms with van der Waals surface area (Å²) in [5.41, 5.74) is 0.865. The van der Waals surface area contributed by atoms with Gasteiger partial charge in [-0.3, -0.25) is 0 Å². The van der Waals surface area contributed by atoms with Crippen LogP contribution in [0, 0.1) is 0 Å². The number of halogens is 1. The van der Waals surface area contributed by atoms with Gasteiger partial charge in [0.25, 0.3) is 0 Å². The van der Waals surface area contributed by atoms with Crippen molar-refractivity contribution in [3.8, 4) is 11.5 Å². The fraction of sp³-hybridized carbons (Fsp3) is 0.522. The third-order valence-electron chi connectivity index (χ3n) is 5.61. The van der Waals surface area contributed by atoms with Gasteiger partial charge in [-0.25, -0.2) is 4.98 Å². The minimum atomic E-state index is -0.0218. The summed E-state index contributed by atoms with van der Waals surface area (Å²) in [7, 11) is 0. The Kier molecular flexibility index (Phi) is 7.88. The smallest absolute Gasteiger partial charge is 0.247 e. The van der Waals surface area contributed by atoms with E-state index in [0.29, 0.717) is 11.8 Å². The average Bonchev–Trinajstić information content (AvgIpc) is 3.26. The number of allylic oxidation sites excluding steroid dienone is 2. The Labute approximate surface area is 191 Å². The molecule has 1 aliphatic heterocycles. The highest BCUT2D eigenvalue weighted by Gasteiger charge is 2.27. The molecule has 4 bridgehead atoms. The van der Waals surface area contributed by atoms with Crippen LogP contribution in [-0.4, -0.2) is 47.0 Å². The van der Waals surface area contributed by atoms with Crippen molar-refractivity contribution >= 4 is 21.7 Å². The molecule has 0 saturated heterocycles. The summed E-state index contributed by atoms with van der Waals surface area (Å²) in [6.45, 7) is 4.72. The van der Waals surface area contributed by atoms with E-state index in [1.54, 1.807) is 6.20 Å². The predicted molar refractivity (Wildman–Crippen MR) is 125 cm³/mol. The van der Waals surface area contributed by atoms with Crippen LogP contribution >= 0.6 is 15.9 Å². The number of anilines is 1. The number of pyridine rings is 1. The van der Waals surface area contributed by atoms with Crippen LogP contribution in [0.2, 0.25) is 0 Å². The number of hydrogen-bond donors (Lipinski definition) is 2. The quantitative estimate of drug-likeness (QED) is 0.628. The zero-order valence-corrected chi connectivity index (χ0v) is 19.5. The van der Waals surface area contributed by atoms with Gasteiger partial charge in [0.2, 0.25) is 11.8 Å². The van der Waals surface area contributed by atoms with Crippen LogP contribution in [0.1, 0.15) is 50.8 Å². The van der Waals surface area contributed by atoms with Gasteiger partial charge < -0.3 is 19.8 Å². The van der Waals surface area contributed by atoms with E-state index in [4.69, 9.17) is 9.15 Å². The molecule has 0 saturated carbocycles. The molecule has 166 valence electrons. The molecular formula is C23H30BrN5O2. The van der Waals surface area contributed by atoms with Crippen molar-refractivity contribution in [3.63, 3.8) is 0 Å². The summed E-state index contributed by atoms with van der Waals surface area (Å²) in [5.74, 6) is 1.91. The standard InChI is InChI=1S/C23H30BrN5O2/c1-2-5-18-9-12-25-20-15-17(24)6-7-19(20)23-29-28-22(31-23)16-8-11-27-21(14-16)26-10-3-4-13-30-18/h6-8,11,14-15,18-20,25H,2-5,9-10,12-13H2,1H3,(H,26,27). The molecule has 2 aromatic rings. The van der Waals surface area contributed by atoms with Crippen LogP contribution in [0.15, 0.2) is 45.5 Å². The van der Waals surface area contributed by atoms with Crippen LogP contribution in [0.25, 0.3) is 11.5 Å². The van der Waals surface area contributed by atoms with Crippen molar-refractivity contribution in [1.29, 1.82) is 0 Å². The second kappa shape index (κ2) is 11.0. The van der Waals surface area contributed by atoms with E-state index in [1.807, 2.05) is 18.2 Å². The first-order valence-corrected chi connectivity index (χ1v) is 12.0. The zero-order valence-electron chi connectivity index (χ0n) is 17.9. The van der Waals surface area contributed by atoms with E-state index in [0.717, 1.165) is 67.7 Å². The van der Waals surface area contributed by atoms with E-state index in [1.165, 1.54) is 0 Å². The molecule has 2 N–H and O–H groups in total. The lowest BCUT2D eigenvalue weighted by Gasteiger charge is -2.25. The molecule has 3 heterocycles. The number of ether oxygens (including phenoxy) is 1. The van der Waals surface area contributed by atoms with Crippen LogP contribution in [0.4, 0.5) is 5.82 Å². The SMILES string of the molecule is CCCC1CCNC2C=C(Br)C=CC2c2nnc(o2)-c2ccnc(c2)NCCCCO1. The first kappa shape index (κ1) is 22.2. The molecule has 2 aromatic heterocycles. The molecule has 7 nitrogen and oxygen atoms in total. The molecular weight excluding hydrogens is 458 g/mol. The molecule has 0 amide bonds. The van der Waals surface area contributed by atoms with E-state index < -0.39 is 0 Å². The van der Waals surface area contributed by atoms with E-state index >= 15 is 0 Å². The number of aromatic nitrogens is 3. The Balaban J connectivity index is 1.57. The maximum absolute atomic E-state index is 6.19. The van der Waals surface area contributed by atoms with Gasteiger partial charge in [0.05, 0.1) is 12.0 Å². The maximum atomic E-state index is 6.19. The highest BCUT2D eigenvalue weighted by atomic mass is 79.9. The van der Waals surface area contributed by atoms with Gasteiger partial charge in [-0.2, -0.15) is 0 Å². The number of nitrogens with zero attached hydrogens (tertiary/aromatic N) is 3. The van der Waals surface area contributed by atoms with Crippen molar-refractivity contribution in [2.24, 2.45) is 0 Å². The Morgan fingerprint density at radius 1 is 1.23 bits per heavy atom. The van der Waals surface area contributed by atoms with Crippen molar-refractivity contribution in [1.82, 2.24) is 20.5 Å². The summed E-state index contributed by atoms with van der Waals surface area (Å²) >= 11 is 3.60. The summed E-state index contributed by atoms with van der Waals surface area (Å²) in [4.78, 5) is 4.41. The lowest BCUT2D eigenvalue weighted by Crippen LogP contribution is -2.36. The summed E-state index contributed by atoms with van der Waals surface area (Å²) in [6, 6.07) is 3.92. The molecule has 0 fully saturated rings. The molecule has 3 unspecified atom stereocenters. The van der Waals surface area contributed by atoms with Gasteiger partial charge in [-0.1, -0.05) is 47.5 Å². The fourth-order valence-electron chi connectivity index (χ4n) is 3.95. The van der Waals surface area contributed by atoms with Crippen molar-refractivity contribution in [3.05, 3.63) is 46.9 Å². The molecule has 0 spiro atoms. The van der Waals surface area contributed by atoms with Crippen LogP contribution in [0.3, 0.4) is 0 Å². The minimum absolute atomic E-state index is 0.0218. The van der Waals surface area contributed by atoms with Crippen LogP contribution in [-0.2, 0) is 4.74 Å². The molecule has 1 aliphatic carbocycles.